The molecule has 102 valence electrons. The normalized spacial score (nSPS) is 23.0. The smallest absolute Gasteiger partial charge is 0.231 e. The van der Waals surface area contributed by atoms with E-state index in [0.29, 0.717) is 12.0 Å². The monoisotopic (exact) mass is 277 g/mol. The van der Waals surface area contributed by atoms with Gasteiger partial charge in [0, 0.05) is 17.0 Å². The maximum Gasteiger partial charge on any atom is 0.231 e. The Labute approximate surface area is 117 Å². The van der Waals surface area contributed by atoms with E-state index < -0.39 is 0 Å². The molecule has 0 saturated heterocycles. The van der Waals surface area contributed by atoms with Crippen LogP contribution >= 0.6 is 11.3 Å². The Bertz CT molecular complexity index is 509. The Kier molecular flexibility index (Phi) is 3.94. The van der Waals surface area contributed by atoms with Crippen LogP contribution in [0, 0.1) is 0 Å². The Morgan fingerprint density at radius 1 is 1.47 bits per heavy atom. The van der Waals surface area contributed by atoms with Gasteiger partial charge >= 0.3 is 0 Å². The lowest BCUT2D eigenvalue weighted by Crippen LogP contribution is -2.31. The summed E-state index contributed by atoms with van der Waals surface area (Å²) in [5, 5.41) is 11.8. The van der Waals surface area contributed by atoms with Gasteiger partial charge in [0.25, 0.3) is 0 Å². The van der Waals surface area contributed by atoms with E-state index in [2.05, 4.69) is 27.8 Å². The van der Waals surface area contributed by atoms with Gasteiger partial charge in [0.1, 0.15) is 0 Å². The third kappa shape index (κ3) is 2.72. The first-order valence-corrected chi connectivity index (χ1v) is 7.92. The Morgan fingerprint density at radius 2 is 2.42 bits per heavy atom. The van der Waals surface area contributed by atoms with Crippen molar-refractivity contribution in [1.29, 1.82) is 0 Å². The highest BCUT2D eigenvalue weighted by molar-refractivity contribution is 7.08. The van der Waals surface area contributed by atoms with Crippen LogP contribution in [0.2, 0.25) is 0 Å². The molecule has 2 heterocycles. The highest BCUT2D eigenvalue weighted by atomic mass is 32.1. The molecule has 5 heteroatoms. The van der Waals surface area contributed by atoms with Crippen molar-refractivity contribution in [2.24, 2.45) is 0 Å². The highest BCUT2D eigenvalue weighted by Crippen LogP contribution is 2.34. The Balaban J connectivity index is 1.75. The fraction of sp³-hybridized carbons (Fsp3) is 0.571. The van der Waals surface area contributed by atoms with Crippen LogP contribution in [0.5, 0.6) is 0 Å². The first kappa shape index (κ1) is 12.8. The summed E-state index contributed by atoms with van der Waals surface area (Å²) in [7, 11) is 0. The summed E-state index contributed by atoms with van der Waals surface area (Å²) in [5.41, 5.74) is 1.05. The molecule has 0 amide bonds. The van der Waals surface area contributed by atoms with E-state index in [1.54, 1.807) is 11.3 Å². The van der Waals surface area contributed by atoms with Crippen LogP contribution in [0.15, 0.2) is 21.3 Å². The highest BCUT2D eigenvalue weighted by Gasteiger charge is 2.32. The quantitative estimate of drug-likeness (QED) is 0.909. The first-order valence-electron chi connectivity index (χ1n) is 6.98. The number of hydrogen-bond acceptors (Lipinski definition) is 5. The second kappa shape index (κ2) is 5.84. The van der Waals surface area contributed by atoms with Gasteiger partial charge in [0.05, 0.1) is 5.92 Å². The minimum atomic E-state index is 0.381. The number of nitrogens with one attached hydrogen (secondary N) is 1. The van der Waals surface area contributed by atoms with Gasteiger partial charge in [0.15, 0.2) is 0 Å². The third-order valence-corrected chi connectivity index (χ3v) is 4.39. The SMILES string of the molecule is CCCNC1CCCC1c1nc(-c2ccsc2)no1. The van der Waals surface area contributed by atoms with Crippen molar-refractivity contribution >= 4 is 11.3 Å². The molecule has 4 nitrogen and oxygen atoms in total. The summed E-state index contributed by atoms with van der Waals surface area (Å²) in [6, 6.07) is 2.52. The van der Waals surface area contributed by atoms with Gasteiger partial charge in [-0.3, -0.25) is 0 Å². The molecular weight excluding hydrogens is 258 g/mol. The maximum atomic E-state index is 5.49. The van der Waals surface area contributed by atoms with Crippen LogP contribution in [0.3, 0.4) is 0 Å². The lowest BCUT2D eigenvalue weighted by molar-refractivity contribution is 0.330. The van der Waals surface area contributed by atoms with Gasteiger partial charge in [0.2, 0.25) is 11.7 Å². The molecule has 0 aromatic carbocycles. The van der Waals surface area contributed by atoms with Crippen LogP contribution in [0.1, 0.15) is 44.4 Å². The van der Waals surface area contributed by atoms with E-state index in [9.17, 15) is 0 Å². The molecule has 1 N–H and O–H groups in total. The minimum Gasteiger partial charge on any atom is -0.339 e. The van der Waals surface area contributed by atoms with Crippen molar-refractivity contribution in [3.63, 3.8) is 0 Å². The first-order chi connectivity index (χ1) is 9.38. The van der Waals surface area contributed by atoms with Crippen molar-refractivity contribution in [3.05, 3.63) is 22.7 Å². The summed E-state index contributed by atoms with van der Waals surface area (Å²) in [6.45, 7) is 3.25. The minimum absolute atomic E-state index is 0.381. The lowest BCUT2D eigenvalue weighted by Gasteiger charge is -2.17. The fourth-order valence-electron chi connectivity index (χ4n) is 2.72. The number of aromatic nitrogens is 2. The van der Waals surface area contributed by atoms with E-state index in [0.717, 1.165) is 36.7 Å². The average Bonchev–Trinajstić information content (AvgIpc) is 3.14. The predicted octanol–water partition coefficient (Wildman–Crippen LogP) is 3.43. The fourth-order valence-corrected chi connectivity index (χ4v) is 3.36. The second-order valence-electron chi connectivity index (χ2n) is 5.07. The topological polar surface area (TPSA) is 51.0 Å². The average molecular weight is 277 g/mol. The van der Waals surface area contributed by atoms with Crippen LogP contribution < -0.4 is 5.32 Å². The van der Waals surface area contributed by atoms with Crippen molar-refractivity contribution in [2.45, 2.75) is 44.6 Å². The maximum absolute atomic E-state index is 5.49. The molecule has 2 aromatic heterocycles. The molecule has 0 aliphatic heterocycles. The molecule has 1 aliphatic carbocycles. The zero-order chi connectivity index (χ0) is 13.1. The van der Waals surface area contributed by atoms with Crippen molar-refractivity contribution in [3.8, 4) is 11.4 Å². The largest absolute Gasteiger partial charge is 0.339 e. The van der Waals surface area contributed by atoms with Gasteiger partial charge in [-0.15, -0.1) is 0 Å². The van der Waals surface area contributed by atoms with E-state index in [4.69, 9.17) is 4.52 Å². The molecule has 0 bridgehead atoms. The van der Waals surface area contributed by atoms with Crippen LogP contribution in [0.25, 0.3) is 11.4 Å². The Hall–Kier alpha value is -1.20. The van der Waals surface area contributed by atoms with E-state index >= 15 is 0 Å². The molecule has 1 fully saturated rings. The molecule has 1 aliphatic rings. The second-order valence-corrected chi connectivity index (χ2v) is 5.85. The van der Waals surface area contributed by atoms with Crippen molar-refractivity contribution in [2.75, 3.05) is 6.54 Å². The van der Waals surface area contributed by atoms with Gasteiger partial charge < -0.3 is 9.84 Å². The number of thiophene rings is 1. The number of hydrogen-bond donors (Lipinski definition) is 1. The van der Waals surface area contributed by atoms with Gasteiger partial charge in [-0.2, -0.15) is 16.3 Å². The zero-order valence-electron chi connectivity index (χ0n) is 11.1. The van der Waals surface area contributed by atoms with E-state index in [1.807, 2.05) is 11.4 Å². The zero-order valence-corrected chi connectivity index (χ0v) is 11.9. The Morgan fingerprint density at radius 3 is 3.21 bits per heavy atom. The van der Waals surface area contributed by atoms with Crippen molar-refractivity contribution in [1.82, 2.24) is 15.5 Å². The number of rotatable bonds is 5. The summed E-state index contributed by atoms with van der Waals surface area (Å²) >= 11 is 1.65. The molecular formula is C14H19N3OS. The standard InChI is InChI=1S/C14H19N3OS/c1-2-7-15-12-5-3-4-11(12)14-16-13(17-18-14)10-6-8-19-9-10/h6,8-9,11-12,15H,2-5,7H2,1H3. The molecule has 2 atom stereocenters. The summed E-state index contributed by atoms with van der Waals surface area (Å²) < 4.78 is 5.49. The van der Waals surface area contributed by atoms with E-state index in [-0.39, 0.29) is 0 Å². The van der Waals surface area contributed by atoms with Crippen LogP contribution in [-0.2, 0) is 0 Å². The third-order valence-electron chi connectivity index (χ3n) is 3.71. The summed E-state index contributed by atoms with van der Waals surface area (Å²) in [5.74, 6) is 1.90. The molecule has 1 saturated carbocycles. The van der Waals surface area contributed by atoms with Gasteiger partial charge in [-0.05, 0) is 37.3 Å². The van der Waals surface area contributed by atoms with Crippen LogP contribution in [0.4, 0.5) is 0 Å². The van der Waals surface area contributed by atoms with Gasteiger partial charge in [-0.1, -0.05) is 18.5 Å². The molecule has 2 unspecified atom stereocenters. The number of nitrogens with zero attached hydrogens (tertiary/aromatic N) is 2. The molecule has 19 heavy (non-hydrogen) atoms. The molecule has 0 spiro atoms. The van der Waals surface area contributed by atoms with Crippen LogP contribution in [-0.4, -0.2) is 22.7 Å². The summed E-state index contributed by atoms with van der Waals surface area (Å²) in [6.07, 6.45) is 4.75. The summed E-state index contributed by atoms with van der Waals surface area (Å²) in [4.78, 5) is 4.58. The predicted molar refractivity (Wildman–Crippen MR) is 76.3 cm³/mol. The van der Waals surface area contributed by atoms with E-state index in [1.165, 1.54) is 12.8 Å². The lowest BCUT2D eigenvalue weighted by atomic mass is 10.0. The molecule has 0 radical (unpaired) electrons. The van der Waals surface area contributed by atoms with Gasteiger partial charge in [-0.25, -0.2) is 0 Å². The molecule has 2 aromatic rings. The van der Waals surface area contributed by atoms with Crippen molar-refractivity contribution < 1.29 is 4.52 Å². The molecule has 3 rings (SSSR count).